The normalized spacial score (nSPS) is 20.3. The first-order valence-electron chi connectivity index (χ1n) is 10.6. The average molecular weight is 409 g/mol. The average Bonchev–Trinajstić information content (AvgIpc) is 3.29. The zero-order chi connectivity index (χ0) is 21.3. The van der Waals surface area contributed by atoms with E-state index >= 15 is 0 Å². The number of rotatable bonds is 6. The zero-order valence-electron chi connectivity index (χ0n) is 17.4. The summed E-state index contributed by atoms with van der Waals surface area (Å²) in [5, 5.41) is 11.1. The van der Waals surface area contributed by atoms with Gasteiger partial charge in [0.1, 0.15) is 29.1 Å². The SMILES string of the molecule is CCCCCN1C(=O)C(=O)/C(=C(\O)c2ccc3c(c2)CCCO3)C1c1ccc(C)o1. The molecule has 1 atom stereocenters. The Morgan fingerprint density at radius 3 is 2.77 bits per heavy atom. The molecule has 0 spiro atoms. The van der Waals surface area contributed by atoms with E-state index in [-0.39, 0.29) is 11.3 Å². The van der Waals surface area contributed by atoms with Gasteiger partial charge in [0.05, 0.1) is 12.2 Å². The predicted octanol–water partition coefficient (Wildman–Crippen LogP) is 4.52. The van der Waals surface area contributed by atoms with Crippen molar-refractivity contribution in [2.24, 2.45) is 0 Å². The van der Waals surface area contributed by atoms with Crippen LogP contribution in [-0.2, 0) is 16.0 Å². The Hall–Kier alpha value is -3.02. The third-order valence-electron chi connectivity index (χ3n) is 5.76. The fraction of sp³-hybridized carbons (Fsp3) is 0.417. The molecule has 1 amide bonds. The van der Waals surface area contributed by atoms with Crippen LogP contribution in [0.3, 0.4) is 0 Å². The smallest absolute Gasteiger partial charge is 0.295 e. The van der Waals surface area contributed by atoms with Crippen LogP contribution in [0.2, 0.25) is 0 Å². The Labute approximate surface area is 176 Å². The summed E-state index contributed by atoms with van der Waals surface area (Å²) in [6.07, 6.45) is 4.51. The second kappa shape index (κ2) is 8.38. The standard InChI is InChI=1S/C24H27NO5/c1-3-4-5-12-25-21(19-10-8-15(2)30-19)20(23(27)24(25)28)22(26)17-9-11-18-16(14-17)7-6-13-29-18/h8-11,14,21,26H,3-7,12-13H2,1-2H3/b22-20-. The Morgan fingerprint density at radius 2 is 2.03 bits per heavy atom. The number of Topliss-reactive ketones (excluding diaryl/α,β-unsaturated/α-hetero) is 1. The van der Waals surface area contributed by atoms with Gasteiger partial charge in [-0.15, -0.1) is 0 Å². The van der Waals surface area contributed by atoms with Crippen molar-refractivity contribution >= 4 is 17.4 Å². The van der Waals surface area contributed by atoms with E-state index in [9.17, 15) is 14.7 Å². The fourth-order valence-corrected chi connectivity index (χ4v) is 4.20. The molecule has 158 valence electrons. The highest BCUT2D eigenvalue weighted by molar-refractivity contribution is 6.46. The van der Waals surface area contributed by atoms with Gasteiger partial charge in [0, 0.05) is 12.1 Å². The molecule has 1 aromatic heterocycles. The molecule has 4 rings (SSSR count). The minimum Gasteiger partial charge on any atom is -0.507 e. The molecule has 6 nitrogen and oxygen atoms in total. The molecule has 1 N–H and O–H groups in total. The van der Waals surface area contributed by atoms with E-state index < -0.39 is 17.7 Å². The molecule has 1 unspecified atom stereocenters. The Bertz CT molecular complexity index is 1000. The molecule has 0 bridgehead atoms. The Kier molecular flexibility index (Phi) is 5.66. The molecule has 1 fully saturated rings. The molecule has 3 heterocycles. The Balaban J connectivity index is 1.78. The van der Waals surface area contributed by atoms with Crippen molar-refractivity contribution in [3.63, 3.8) is 0 Å². The van der Waals surface area contributed by atoms with Crippen LogP contribution in [0, 0.1) is 6.92 Å². The van der Waals surface area contributed by atoms with Gasteiger partial charge in [0.25, 0.3) is 11.7 Å². The van der Waals surface area contributed by atoms with Gasteiger partial charge in [-0.05, 0) is 62.1 Å². The first-order valence-corrected chi connectivity index (χ1v) is 10.6. The molecule has 0 aliphatic carbocycles. The molecule has 1 aromatic carbocycles. The first kappa shape index (κ1) is 20.3. The molecular weight excluding hydrogens is 382 g/mol. The lowest BCUT2D eigenvalue weighted by Gasteiger charge is -2.23. The number of unbranched alkanes of at least 4 members (excludes halogenated alkanes) is 2. The predicted molar refractivity (Wildman–Crippen MR) is 112 cm³/mol. The minimum atomic E-state index is -0.720. The van der Waals surface area contributed by atoms with Gasteiger partial charge in [-0.3, -0.25) is 9.59 Å². The van der Waals surface area contributed by atoms with Gasteiger partial charge >= 0.3 is 0 Å². The molecule has 2 aliphatic heterocycles. The number of hydrogen-bond acceptors (Lipinski definition) is 5. The van der Waals surface area contributed by atoms with Crippen LogP contribution in [0.1, 0.15) is 61.3 Å². The van der Waals surface area contributed by atoms with Crippen molar-refractivity contribution in [3.8, 4) is 5.75 Å². The molecule has 0 radical (unpaired) electrons. The van der Waals surface area contributed by atoms with Crippen LogP contribution < -0.4 is 4.74 Å². The summed E-state index contributed by atoms with van der Waals surface area (Å²) < 4.78 is 11.4. The van der Waals surface area contributed by atoms with Gasteiger partial charge in [-0.1, -0.05) is 19.8 Å². The van der Waals surface area contributed by atoms with Crippen molar-refractivity contribution in [1.82, 2.24) is 4.90 Å². The number of aliphatic hydroxyl groups excluding tert-OH is 1. The number of fused-ring (bicyclic) bond motifs is 1. The van der Waals surface area contributed by atoms with Crippen LogP contribution in [-0.4, -0.2) is 34.8 Å². The molecule has 6 heteroatoms. The van der Waals surface area contributed by atoms with Gasteiger partial charge < -0.3 is 19.2 Å². The summed E-state index contributed by atoms with van der Waals surface area (Å²) in [6, 6.07) is 8.24. The highest BCUT2D eigenvalue weighted by Gasteiger charge is 2.47. The third kappa shape index (κ3) is 3.62. The van der Waals surface area contributed by atoms with Gasteiger partial charge in [0.15, 0.2) is 0 Å². The lowest BCUT2D eigenvalue weighted by atomic mass is 9.96. The number of amides is 1. The van der Waals surface area contributed by atoms with Gasteiger partial charge in [0.2, 0.25) is 0 Å². The number of carbonyl (C=O) groups is 2. The first-order chi connectivity index (χ1) is 14.5. The number of ether oxygens (including phenoxy) is 1. The number of furan rings is 1. The largest absolute Gasteiger partial charge is 0.507 e. The third-order valence-corrected chi connectivity index (χ3v) is 5.76. The van der Waals surface area contributed by atoms with Crippen molar-refractivity contribution in [1.29, 1.82) is 0 Å². The monoisotopic (exact) mass is 409 g/mol. The van der Waals surface area contributed by atoms with Crippen LogP contribution in [0.15, 0.2) is 40.3 Å². The molecule has 0 saturated carbocycles. The van der Waals surface area contributed by atoms with Gasteiger partial charge in [-0.25, -0.2) is 0 Å². The number of aliphatic hydroxyl groups is 1. The van der Waals surface area contributed by atoms with E-state index in [1.165, 1.54) is 4.90 Å². The summed E-state index contributed by atoms with van der Waals surface area (Å²) in [6.45, 7) is 5.02. The van der Waals surface area contributed by atoms with Crippen LogP contribution in [0.25, 0.3) is 5.76 Å². The van der Waals surface area contributed by atoms with E-state index in [2.05, 4.69) is 6.92 Å². The molecule has 30 heavy (non-hydrogen) atoms. The van der Waals surface area contributed by atoms with E-state index in [0.29, 0.717) is 30.2 Å². The number of benzene rings is 1. The van der Waals surface area contributed by atoms with E-state index in [1.807, 2.05) is 19.1 Å². The maximum Gasteiger partial charge on any atom is 0.295 e. The van der Waals surface area contributed by atoms with E-state index in [0.717, 1.165) is 43.4 Å². The van der Waals surface area contributed by atoms with E-state index in [1.54, 1.807) is 18.2 Å². The van der Waals surface area contributed by atoms with Gasteiger partial charge in [-0.2, -0.15) is 0 Å². The van der Waals surface area contributed by atoms with Crippen LogP contribution in [0.4, 0.5) is 0 Å². The van der Waals surface area contributed by atoms with Crippen molar-refractivity contribution in [3.05, 3.63) is 58.6 Å². The van der Waals surface area contributed by atoms with Crippen LogP contribution >= 0.6 is 0 Å². The Morgan fingerprint density at radius 1 is 1.20 bits per heavy atom. The highest BCUT2D eigenvalue weighted by Crippen LogP contribution is 2.40. The number of likely N-dealkylation sites (tertiary alicyclic amines) is 1. The molecule has 2 aromatic rings. The number of hydrogen-bond donors (Lipinski definition) is 1. The molecule has 1 saturated heterocycles. The van der Waals surface area contributed by atoms with Crippen LogP contribution in [0.5, 0.6) is 5.75 Å². The maximum absolute atomic E-state index is 13.0. The number of ketones is 1. The quantitative estimate of drug-likeness (QED) is 0.328. The maximum atomic E-state index is 13.0. The van der Waals surface area contributed by atoms with Crippen molar-refractivity contribution < 1.29 is 23.8 Å². The summed E-state index contributed by atoms with van der Waals surface area (Å²) in [5.41, 5.74) is 1.59. The summed E-state index contributed by atoms with van der Waals surface area (Å²) in [4.78, 5) is 27.3. The minimum absolute atomic E-state index is 0.0857. The van der Waals surface area contributed by atoms with E-state index in [4.69, 9.17) is 9.15 Å². The highest BCUT2D eigenvalue weighted by atomic mass is 16.5. The summed E-state index contributed by atoms with van der Waals surface area (Å²) in [7, 11) is 0. The van der Waals surface area contributed by atoms with Crippen molar-refractivity contribution in [2.45, 2.75) is 52.0 Å². The summed E-state index contributed by atoms with van der Waals surface area (Å²) in [5.74, 6) is 0.556. The zero-order valence-corrected chi connectivity index (χ0v) is 17.4. The van der Waals surface area contributed by atoms with Crippen molar-refractivity contribution in [2.75, 3.05) is 13.2 Å². The molecular formula is C24H27NO5. The fourth-order valence-electron chi connectivity index (χ4n) is 4.20. The number of aryl methyl sites for hydroxylation is 2. The number of carbonyl (C=O) groups excluding carboxylic acids is 2. The number of nitrogens with zero attached hydrogens (tertiary/aromatic N) is 1. The summed E-state index contributed by atoms with van der Waals surface area (Å²) >= 11 is 0. The molecule has 2 aliphatic rings. The second-order valence-corrected chi connectivity index (χ2v) is 7.92. The topological polar surface area (TPSA) is 80.0 Å². The second-order valence-electron chi connectivity index (χ2n) is 7.92. The lowest BCUT2D eigenvalue weighted by Crippen LogP contribution is -2.30. The lowest BCUT2D eigenvalue weighted by molar-refractivity contribution is -0.140.